The molecule has 2 aromatic rings. The number of nitrogens with zero attached hydrogens (tertiary/aromatic N) is 2. The van der Waals surface area contributed by atoms with E-state index in [0.29, 0.717) is 12.4 Å². The number of nitrogens with one attached hydrogen (secondary N) is 1. The van der Waals surface area contributed by atoms with Crippen LogP contribution in [0.25, 0.3) is 0 Å². The molecule has 1 aliphatic rings. The molecule has 1 atom stereocenters. The van der Waals surface area contributed by atoms with Crippen molar-refractivity contribution < 1.29 is 13.9 Å². The number of aromatic amines is 1. The SMILES string of the molecule is CO[C@@]1(COc2cccc(F)c2)CCN(Cc2cn[nH]c2C)C1. The fourth-order valence-corrected chi connectivity index (χ4v) is 2.95. The second kappa shape index (κ2) is 6.68. The van der Waals surface area contributed by atoms with E-state index in [2.05, 4.69) is 15.1 Å². The van der Waals surface area contributed by atoms with Crippen molar-refractivity contribution in [3.05, 3.63) is 47.5 Å². The molecule has 1 N–H and O–H groups in total. The number of rotatable bonds is 6. The van der Waals surface area contributed by atoms with Gasteiger partial charge in [0.1, 0.15) is 23.8 Å². The number of methoxy groups -OCH3 is 1. The zero-order valence-corrected chi connectivity index (χ0v) is 13.5. The van der Waals surface area contributed by atoms with E-state index in [4.69, 9.17) is 9.47 Å². The molecule has 1 saturated heterocycles. The van der Waals surface area contributed by atoms with Crippen molar-refractivity contribution in [3.8, 4) is 5.75 Å². The predicted octanol–water partition coefficient (Wildman–Crippen LogP) is 2.53. The first kappa shape index (κ1) is 16.0. The van der Waals surface area contributed by atoms with Gasteiger partial charge in [0.15, 0.2) is 0 Å². The van der Waals surface area contributed by atoms with Crippen LogP contribution in [0.15, 0.2) is 30.5 Å². The van der Waals surface area contributed by atoms with Crippen molar-refractivity contribution in [1.29, 1.82) is 0 Å². The summed E-state index contributed by atoms with van der Waals surface area (Å²) >= 11 is 0. The van der Waals surface area contributed by atoms with Crippen LogP contribution >= 0.6 is 0 Å². The average Bonchev–Trinajstić information content (AvgIpc) is 3.14. The highest BCUT2D eigenvalue weighted by Gasteiger charge is 2.39. The molecule has 0 bridgehead atoms. The van der Waals surface area contributed by atoms with Crippen LogP contribution < -0.4 is 4.74 Å². The molecule has 5 nitrogen and oxygen atoms in total. The maximum atomic E-state index is 13.2. The standard InChI is InChI=1S/C17H22FN3O2/c1-13-14(9-19-20-13)10-21-7-6-17(11-21,22-2)12-23-16-5-3-4-15(18)8-16/h3-5,8-9H,6-7,10-12H2,1-2H3,(H,19,20)/t17-/m0/s1. The Morgan fingerprint density at radius 3 is 3.00 bits per heavy atom. The molecule has 1 fully saturated rings. The average molecular weight is 319 g/mol. The smallest absolute Gasteiger partial charge is 0.126 e. The summed E-state index contributed by atoms with van der Waals surface area (Å²) in [7, 11) is 1.71. The van der Waals surface area contributed by atoms with Crippen molar-refractivity contribution in [2.75, 3.05) is 26.8 Å². The van der Waals surface area contributed by atoms with Crippen molar-refractivity contribution in [1.82, 2.24) is 15.1 Å². The second-order valence-electron chi connectivity index (χ2n) is 6.11. The van der Waals surface area contributed by atoms with Gasteiger partial charge < -0.3 is 9.47 Å². The highest BCUT2D eigenvalue weighted by Crippen LogP contribution is 2.28. The zero-order valence-electron chi connectivity index (χ0n) is 13.5. The monoisotopic (exact) mass is 319 g/mol. The summed E-state index contributed by atoms with van der Waals surface area (Å²) in [6.07, 6.45) is 2.75. The van der Waals surface area contributed by atoms with E-state index in [9.17, 15) is 4.39 Å². The maximum absolute atomic E-state index is 13.2. The third-order valence-corrected chi connectivity index (χ3v) is 4.45. The molecule has 0 saturated carbocycles. The lowest BCUT2D eigenvalue weighted by Crippen LogP contribution is -2.41. The van der Waals surface area contributed by atoms with Crippen LogP contribution in [0, 0.1) is 12.7 Å². The van der Waals surface area contributed by atoms with Gasteiger partial charge in [0.2, 0.25) is 0 Å². The van der Waals surface area contributed by atoms with Gasteiger partial charge in [0.05, 0.1) is 6.20 Å². The van der Waals surface area contributed by atoms with Crippen LogP contribution in [0.4, 0.5) is 4.39 Å². The summed E-state index contributed by atoms with van der Waals surface area (Å²) in [6, 6.07) is 6.20. The van der Waals surface area contributed by atoms with Crippen molar-refractivity contribution in [2.24, 2.45) is 0 Å². The molecule has 23 heavy (non-hydrogen) atoms. The zero-order chi connectivity index (χ0) is 16.3. The minimum absolute atomic E-state index is 0.294. The first-order chi connectivity index (χ1) is 11.1. The molecular formula is C17H22FN3O2. The third kappa shape index (κ3) is 3.71. The lowest BCUT2D eigenvalue weighted by molar-refractivity contribution is -0.0360. The van der Waals surface area contributed by atoms with E-state index >= 15 is 0 Å². The van der Waals surface area contributed by atoms with Crippen LogP contribution in [0.1, 0.15) is 17.7 Å². The third-order valence-electron chi connectivity index (χ3n) is 4.45. The van der Waals surface area contributed by atoms with Crippen molar-refractivity contribution in [2.45, 2.75) is 25.5 Å². The molecule has 1 aromatic heterocycles. The number of hydrogen-bond acceptors (Lipinski definition) is 4. The van der Waals surface area contributed by atoms with Gasteiger partial charge in [-0.25, -0.2) is 4.39 Å². The van der Waals surface area contributed by atoms with Crippen LogP contribution in [-0.2, 0) is 11.3 Å². The van der Waals surface area contributed by atoms with Gasteiger partial charge in [-0.1, -0.05) is 6.07 Å². The molecule has 0 spiro atoms. The Bertz CT molecular complexity index is 661. The molecule has 124 valence electrons. The number of H-pyrrole nitrogens is 1. The van der Waals surface area contributed by atoms with E-state index in [1.165, 1.54) is 17.7 Å². The minimum atomic E-state index is -0.357. The summed E-state index contributed by atoms with van der Waals surface area (Å²) in [5.41, 5.74) is 1.93. The number of hydrogen-bond donors (Lipinski definition) is 1. The Morgan fingerprint density at radius 1 is 1.43 bits per heavy atom. The Morgan fingerprint density at radius 2 is 2.30 bits per heavy atom. The summed E-state index contributed by atoms with van der Waals surface area (Å²) < 4.78 is 24.7. The van der Waals surface area contributed by atoms with Gasteiger partial charge >= 0.3 is 0 Å². The molecule has 6 heteroatoms. The first-order valence-corrected chi connectivity index (χ1v) is 7.75. The van der Waals surface area contributed by atoms with E-state index in [1.54, 1.807) is 19.2 Å². The maximum Gasteiger partial charge on any atom is 0.126 e. The first-order valence-electron chi connectivity index (χ1n) is 7.75. The Labute approximate surface area is 135 Å². The van der Waals surface area contributed by atoms with Gasteiger partial charge in [0, 0.05) is 44.1 Å². The summed E-state index contributed by atoms with van der Waals surface area (Å²) in [5.74, 6) is 0.239. The van der Waals surface area contributed by atoms with Gasteiger partial charge in [-0.3, -0.25) is 10.00 Å². The van der Waals surface area contributed by atoms with E-state index < -0.39 is 0 Å². The molecule has 0 amide bonds. The molecule has 0 aliphatic carbocycles. The van der Waals surface area contributed by atoms with Crippen LogP contribution in [0.5, 0.6) is 5.75 Å². The molecular weight excluding hydrogens is 297 g/mol. The van der Waals surface area contributed by atoms with Crippen molar-refractivity contribution in [3.63, 3.8) is 0 Å². The van der Waals surface area contributed by atoms with Crippen LogP contribution in [-0.4, -0.2) is 47.5 Å². The summed E-state index contributed by atoms with van der Waals surface area (Å²) in [4.78, 5) is 2.33. The number of aryl methyl sites for hydroxylation is 1. The fraction of sp³-hybridized carbons (Fsp3) is 0.471. The normalized spacial score (nSPS) is 21.7. The highest BCUT2D eigenvalue weighted by molar-refractivity contribution is 5.22. The molecule has 0 radical (unpaired) electrons. The number of likely N-dealkylation sites (tertiary alicyclic amines) is 1. The Hall–Kier alpha value is -1.92. The predicted molar refractivity (Wildman–Crippen MR) is 84.9 cm³/mol. The number of benzene rings is 1. The molecule has 1 aliphatic heterocycles. The Kier molecular flexibility index (Phi) is 4.63. The number of halogens is 1. The molecule has 3 rings (SSSR count). The van der Waals surface area contributed by atoms with Crippen LogP contribution in [0.2, 0.25) is 0 Å². The minimum Gasteiger partial charge on any atom is -0.490 e. The van der Waals surface area contributed by atoms with Gasteiger partial charge in [-0.15, -0.1) is 0 Å². The van der Waals surface area contributed by atoms with Gasteiger partial charge in [0.25, 0.3) is 0 Å². The quantitative estimate of drug-likeness (QED) is 0.889. The largest absolute Gasteiger partial charge is 0.490 e. The fourth-order valence-electron chi connectivity index (χ4n) is 2.95. The van der Waals surface area contributed by atoms with Gasteiger partial charge in [-0.2, -0.15) is 5.10 Å². The van der Waals surface area contributed by atoms with Crippen LogP contribution in [0.3, 0.4) is 0 Å². The van der Waals surface area contributed by atoms with E-state index in [-0.39, 0.29) is 11.4 Å². The van der Waals surface area contributed by atoms with Crippen molar-refractivity contribution >= 4 is 0 Å². The molecule has 0 unspecified atom stereocenters. The van der Waals surface area contributed by atoms with E-state index in [0.717, 1.165) is 31.7 Å². The molecule has 2 heterocycles. The summed E-state index contributed by atoms with van der Waals surface area (Å²) in [6.45, 7) is 4.99. The van der Waals surface area contributed by atoms with Gasteiger partial charge in [-0.05, 0) is 25.5 Å². The molecule has 1 aromatic carbocycles. The number of ether oxygens (including phenoxy) is 2. The lowest BCUT2D eigenvalue weighted by Gasteiger charge is -2.28. The Balaban J connectivity index is 1.60. The highest BCUT2D eigenvalue weighted by atomic mass is 19.1. The van der Waals surface area contributed by atoms with E-state index in [1.807, 2.05) is 13.1 Å². The number of aromatic nitrogens is 2. The second-order valence-corrected chi connectivity index (χ2v) is 6.11. The topological polar surface area (TPSA) is 50.4 Å². The summed E-state index contributed by atoms with van der Waals surface area (Å²) in [5, 5.41) is 7.02. The lowest BCUT2D eigenvalue weighted by atomic mass is 10.0.